The van der Waals surface area contributed by atoms with E-state index in [9.17, 15) is 0 Å². The highest BCUT2D eigenvalue weighted by Crippen LogP contribution is 2.29. The first-order valence-electron chi connectivity index (χ1n) is 7.44. The lowest BCUT2D eigenvalue weighted by molar-refractivity contribution is 0.239. The molecule has 1 aromatic rings. The van der Waals surface area contributed by atoms with Crippen molar-refractivity contribution in [2.24, 2.45) is 0 Å². The van der Waals surface area contributed by atoms with Crippen LogP contribution in [-0.4, -0.2) is 44.8 Å². The number of rotatable bonds is 7. The topological polar surface area (TPSA) is 33.7 Å². The van der Waals surface area contributed by atoms with Gasteiger partial charge in [-0.2, -0.15) is 0 Å². The molecule has 20 heavy (non-hydrogen) atoms. The van der Waals surface area contributed by atoms with Gasteiger partial charge in [0.25, 0.3) is 0 Å². The van der Waals surface area contributed by atoms with Crippen molar-refractivity contribution in [3.8, 4) is 11.5 Å². The van der Waals surface area contributed by atoms with Crippen LogP contribution in [0.2, 0.25) is 0 Å². The molecule has 1 aromatic carbocycles. The Kier molecular flexibility index (Phi) is 5.68. The van der Waals surface area contributed by atoms with Crippen molar-refractivity contribution >= 4 is 0 Å². The van der Waals surface area contributed by atoms with E-state index in [4.69, 9.17) is 9.47 Å². The van der Waals surface area contributed by atoms with Crippen molar-refractivity contribution < 1.29 is 9.47 Å². The predicted molar refractivity (Wildman–Crippen MR) is 81.5 cm³/mol. The van der Waals surface area contributed by atoms with E-state index in [1.54, 1.807) is 14.2 Å². The summed E-state index contributed by atoms with van der Waals surface area (Å²) < 4.78 is 10.7. The van der Waals surface area contributed by atoms with Gasteiger partial charge in [0, 0.05) is 19.1 Å². The maximum atomic E-state index is 5.38. The van der Waals surface area contributed by atoms with Crippen LogP contribution < -0.4 is 14.8 Å². The summed E-state index contributed by atoms with van der Waals surface area (Å²) in [4.78, 5) is 2.56. The first-order chi connectivity index (χ1) is 9.78. The lowest BCUT2D eigenvalue weighted by atomic mass is 10.1. The number of benzene rings is 1. The molecule has 1 aliphatic heterocycles. The summed E-state index contributed by atoms with van der Waals surface area (Å²) in [6.07, 6.45) is 2.59. The van der Waals surface area contributed by atoms with E-state index in [0.717, 1.165) is 31.1 Å². The van der Waals surface area contributed by atoms with Gasteiger partial charge in [-0.25, -0.2) is 0 Å². The van der Waals surface area contributed by atoms with Crippen molar-refractivity contribution in [2.45, 2.75) is 32.4 Å². The molecule has 0 aliphatic carbocycles. The molecule has 1 unspecified atom stereocenters. The van der Waals surface area contributed by atoms with Crippen molar-refractivity contribution in [1.29, 1.82) is 0 Å². The van der Waals surface area contributed by atoms with E-state index < -0.39 is 0 Å². The second kappa shape index (κ2) is 7.50. The Bertz CT molecular complexity index is 423. The fraction of sp³-hybridized carbons (Fsp3) is 0.625. The largest absolute Gasteiger partial charge is 0.493 e. The van der Waals surface area contributed by atoms with E-state index in [1.807, 2.05) is 6.07 Å². The van der Waals surface area contributed by atoms with Crippen LogP contribution in [0.3, 0.4) is 0 Å². The van der Waals surface area contributed by atoms with Gasteiger partial charge in [-0.1, -0.05) is 13.0 Å². The zero-order valence-electron chi connectivity index (χ0n) is 12.8. The summed E-state index contributed by atoms with van der Waals surface area (Å²) >= 11 is 0. The lowest BCUT2D eigenvalue weighted by Gasteiger charge is -2.25. The van der Waals surface area contributed by atoms with Crippen LogP contribution in [0.5, 0.6) is 11.5 Å². The normalized spacial score (nSPS) is 19.2. The summed E-state index contributed by atoms with van der Waals surface area (Å²) in [7, 11) is 3.36. The van der Waals surface area contributed by atoms with E-state index in [-0.39, 0.29) is 0 Å². The molecule has 0 radical (unpaired) electrons. The molecule has 4 heteroatoms. The maximum Gasteiger partial charge on any atom is 0.161 e. The molecule has 0 amide bonds. The minimum absolute atomic E-state index is 0.656. The predicted octanol–water partition coefficient (Wildman–Crippen LogP) is 2.28. The third-order valence-corrected chi connectivity index (χ3v) is 3.96. The number of hydrogen-bond donors (Lipinski definition) is 1. The average Bonchev–Trinajstić information content (AvgIpc) is 2.92. The van der Waals surface area contributed by atoms with Crippen LogP contribution >= 0.6 is 0 Å². The number of likely N-dealkylation sites (N-methyl/N-ethyl adjacent to an activating group) is 1. The Morgan fingerprint density at radius 1 is 1.25 bits per heavy atom. The zero-order chi connectivity index (χ0) is 14.4. The fourth-order valence-corrected chi connectivity index (χ4v) is 2.86. The molecule has 0 aromatic heterocycles. The van der Waals surface area contributed by atoms with Gasteiger partial charge < -0.3 is 14.8 Å². The van der Waals surface area contributed by atoms with Gasteiger partial charge in [0.2, 0.25) is 0 Å². The van der Waals surface area contributed by atoms with Crippen LogP contribution in [0.15, 0.2) is 18.2 Å². The molecule has 1 heterocycles. The standard InChI is InChI=1S/C16H26N2O2/c1-4-17-11-14-6-5-9-18(14)12-13-7-8-15(19-2)16(10-13)20-3/h7-8,10,14,17H,4-6,9,11-12H2,1-3H3. The second-order valence-corrected chi connectivity index (χ2v) is 5.26. The summed E-state index contributed by atoms with van der Waals surface area (Å²) in [5, 5.41) is 3.46. The van der Waals surface area contributed by atoms with E-state index >= 15 is 0 Å². The summed E-state index contributed by atoms with van der Waals surface area (Å²) in [6.45, 7) is 6.46. The number of hydrogen-bond acceptors (Lipinski definition) is 4. The van der Waals surface area contributed by atoms with Crippen LogP contribution in [0.4, 0.5) is 0 Å². The van der Waals surface area contributed by atoms with E-state index in [0.29, 0.717) is 6.04 Å². The average molecular weight is 278 g/mol. The van der Waals surface area contributed by atoms with Crippen LogP contribution in [-0.2, 0) is 6.54 Å². The van der Waals surface area contributed by atoms with Gasteiger partial charge in [0.15, 0.2) is 11.5 Å². The molecule has 4 nitrogen and oxygen atoms in total. The third kappa shape index (κ3) is 3.64. The first-order valence-corrected chi connectivity index (χ1v) is 7.44. The Morgan fingerprint density at radius 3 is 2.75 bits per heavy atom. The maximum absolute atomic E-state index is 5.38. The van der Waals surface area contributed by atoms with Gasteiger partial charge in [0.1, 0.15) is 0 Å². The highest BCUT2D eigenvalue weighted by molar-refractivity contribution is 5.42. The number of likely N-dealkylation sites (tertiary alicyclic amines) is 1. The summed E-state index contributed by atoms with van der Waals surface area (Å²) in [5.41, 5.74) is 1.28. The van der Waals surface area contributed by atoms with Gasteiger partial charge in [-0.3, -0.25) is 4.90 Å². The molecule has 1 fully saturated rings. The SMILES string of the molecule is CCNCC1CCCN1Cc1ccc(OC)c(OC)c1. The second-order valence-electron chi connectivity index (χ2n) is 5.26. The Labute approximate surface area is 122 Å². The van der Waals surface area contributed by atoms with Crippen LogP contribution in [0, 0.1) is 0 Å². The van der Waals surface area contributed by atoms with Crippen molar-refractivity contribution in [1.82, 2.24) is 10.2 Å². The number of nitrogens with one attached hydrogen (secondary N) is 1. The molecule has 0 bridgehead atoms. The summed E-state index contributed by atoms with van der Waals surface area (Å²) in [6, 6.07) is 6.86. The van der Waals surface area contributed by atoms with Gasteiger partial charge in [0.05, 0.1) is 14.2 Å². The minimum atomic E-state index is 0.656. The molecule has 0 saturated carbocycles. The lowest BCUT2D eigenvalue weighted by Crippen LogP contribution is -2.37. The number of nitrogens with zero attached hydrogens (tertiary/aromatic N) is 1. The first kappa shape index (κ1) is 15.1. The third-order valence-electron chi connectivity index (χ3n) is 3.96. The molecule has 1 N–H and O–H groups in total. The molecule has 1 atom stereocenters. The Hall–Kier alpha value is -1.26. The fourth-order valence-electron chi connectivity index (χ4n) is 2.86. The van der Waals surface area contributed by atoms with Gasteiger partial charge in [-0.15, -0.1) is 0 Å². The monoisotopic (exact) mass is 278 g/mol. The van der Waals surface area contributed by atoms with E-state index in [1.165, 1.54) is 24.9 Å². The van der Waals surface area contributed by atoms with Crippen molar-refractivity contribution in [2.75, 3.05) is 33.9 Å². The zero-order valence-corrected chi connectivity index (χ0v) is 12.8. The summed E-state index contributed by atoms with van der Waals surface area (Å²) in [5.74, 6) is 1.61. The highest BCUT2D eigenvalue weighted by atomic mass is 16.5. The Balaban J connectivity index is 2.01. The van der Waals surface area contributed by atoms with Gasteiger partial charge in [-0.05, 0) is 43.6 Å². The quantitative estimate of drug-likeness (QED) is 0.829. The molecule has 1 saturated heterocycles. The van der Waals surface area contributed by atoms with Crippen LogP contribution in [0.1, 0.15) is 25.3 Å². The number of methoxy groups -OCH3 is 2. The van der Waals surface area contributed by atoms with Crippen molar-refractivity contribution in [3.63, 3.8) is 0 Å². The van der Waals surface area contributed by atoms with Gasteiger partial charge >= 0.3 is 0 Å². The molecule has 1 aliphatic rings. The highest BCUT2D eigenvalue weighted by Gasteiger charge is 2.24. The Morgan fingerprint density at radius 2 is 2.05 bits per heavy atom. The number of ether oxygens (including phenoxy) is 2. The van der Waals surface area contributed by atoms with Crippen molar-refractivity contribution in [3.05, 3.63) is 23.8 Å². The smallest absolute Gasteiger partial charge is 0.161 e. The minimum Gasteiger partial charge on any atom is -0.493 e. The molecule has 2 rings (SSSR count). The molecular formula is C16H26N2O2. The molecule has 0 spiro atoms. The van der Waals surface area contributed by atoms with E-state index in [2.05, 4.69) is 29.3 Å². The molecule has 112 valence electrons. The molecular weight excluding hydrogens is 252 g/mol. The van der Waals surface area contributed by atoms with Crippen LogP contribution in [0.25, 0.3) is 0 Å².